The van der Waals surface area contributed by atoms with Crippen LogP contribution in [0.15, 0.2) is 47.6 Å². The minimum absolute atomic E-state index is 0. The number of fused-ring (bicyclic) bond motifs is 1. The lowest BCUT2D eigenvalue weighted by Gasteiger charge is -2.12. The van der Waals surface area contributed by atoms with E-state index < -0.39 is 0 Å². The third kappa shape index (κ3) is 7.06. The highest BCUT2D eigenvalue weighted by Gasteiger charge is 2.12. The number of nitrogens with one attached hydrogen (secondary N) is 3. The van der Waals surface area contributed by atoms with Gasteiger partial charge >= 0.3 is 0 Å². The van der Waals surface area contributed by atoms with E-state index in [1.807, 2.05) is 30.3 Å². The molecule has 0 bridgehead atoms. The molecule has 8 heteroatoms. The van der Waals surface area contributed by atoms with Crippen LogP contribution < -0.4 is 25.4 Å². The molecule has 7 nitrogen and oxygen atoms in total. The number of ether oxygens (including phenoxy) is 2. The third-order valence-electron chi connectivity index (χ3n) is 4.23. The number of aromatic nitrogens is 1. The third-order valence-corrected chi connectivity index (χ3v) is 4.23. The molecule has 0 saturated carbocycles. The molecule has 1 aromatic heterocycles. The van der Waals surface area contributed by atoms with Crippen LogP contribution >= 0.6 is 24.0 Å². The lowest BCUT2D eigenvalue weighted by molar-refractivity contribution is 0.174. The van der Waals surface area contributed by atoms with Crippen molar-refractivity contribution in [2.24, 2.45) is 4.99 Å². The van der Waals surface area contributed by atoms with Crippen LogP contribution in [0.5, 0.6) is 11.5 Å². The summed E-state index contributed by atoms with van der Waals surface area (Å²) in [6.45, 7) is 2.91. The topological polar surface area (TPSA) is 79.8 Å². The van der Waals surface area contributed by atoms with Gasteiger partial charge in [0, 0.05) is 32.9 Å². The second kappa shape index (κ2) is 12.3. The fourth-order valence-electron chi connectivity index (χ4n) is 2.78. The summed E-state index contributed by atoms with van der Waals surface area (Å²) < 4.78 is 10.7. The molecule has 2 aromatic rings. The number of rotatable bonds is 9. The van der Waals surface area contributed by atoms with Crippen molar-refractivity contribution in [3.8, 4) is 11.5 Å². The number of nitrogens with zero attached hydrogens (tertiary/aromatic N) is 2. The first-order valence-electron chi connectivity index (χ1n) is 9.33. The molecule has 1 aliphatic rings. The highest BCUT2D eigenvalue weighted by atomic mass is 127. The molecule has 3 rings (SSSR count). The van der Waals surface area contributed by atoms with E-state index in [0.29, 0.717) is 6.79 Å². The SMILES string of the molecule is CN=C(NCCCCNc1ccccn1)NCCc1ccc2c(c1)OCO2.I. The Morgan fingerprint density at radius 1 is 1.04 bits per heavy atom. The number of pyridine rings is 1. The van der Waals surface area contributed by atoms with Gasteiger partial charge in [-0.2, -0.15) is 0 Å². The second-order valence-corrected chi connectivity index (χ2v) is 6.21. The van der Waals surface area contributed by atoms with E-state index in [1.165, 1.54) is 5.56 Å². The van der Waals surface area contributed by atoms with Crippen LogP contribution in [-0.2, 0) is 6.42 Å². The summed E-state index contributed by atoms with van der Waals surface area (Å²) >= 11 is 0. The molecule has 2 heterocycles. The zero-order chi connectivity index (χ0) is 18.7. The van der Waals surface area contributed by atoms with Crippen molar-refractivity contribution < 1.29 is 9.47 Å². The number of anilines is 1. The van der Waals surface area contributed by atoms with Crippen LogP contribution in [0, 0.1) is 0 Å². The standard InChI is InChI=1S/C20H27N5O2.HI/c1-21-20(24-12-5-4-11-23-19-6-2-3-10-22-19)25-13-9-16-7-8-17-18(14-16)27-15-26-17;/h2-3,6-8,10,14H,4-5,9,11-13,15H2,1H3,(H,22,23)(H2,21,24,25);1H. The van der Waals surface area contributed by atoms with Gasteiger partial charge in [-0.05, 0) is 49.1 Å². The molecule has 0 saturated heterocycles. The van der Waals surface area contributed by atoms with E-state index in [4.69, 9.17) is 9.47 Å². The van der Waals surface area contributed by atoms with Gasteiger partial charge in [-0.25, -0.2) is 4.98 Å². The molecule has 3 N–H and O–H groups in total. The van der Waals surface area contributed by atoms with Crippen LogP contribution in [-0.4, -0.2) is 44.4 Å². The maximum absolute atomic E-state index is 5.41. The highest BCUT2D eigenvalue weighted by Crippen LogP contribution is 2.32. The second-order valence-electron chi connectivity index (χ2n) is 6.21. The quantitative estimate of drug-likeness (QED) is 0.214. The lowest BCUT2D eigenvalue weighted by Crippen LogP contribution is -2.38. The van der Waals surface area contributed by atoms with Crippen molar-refractivity contribution in [1.29, 1.82) is 0 Å². The zero-order valence-electron chi connectivity index (χ0n) is 16.1. The van der Waals surface area contributed by atoms with Crippen molar-refractivity contribution in [2.75, 3.05) is 38.8 Å². The molecule has 28 heavy (non-hydrogen) atoms. The maximum atomic E-state index is 5.41. The van der Waals surface area contributed by atoms with Crippen LogP contribution in [0.25, 0.3) is 0 Å². The molecule has 152 valence electrons. The zero-order valence-corrected chi connectivity index (χ0v) is 18.4. The fraction of sp³-hybridized carbons (Fsp3) is 0.400. The molecule has 0 spiro atoms. The van der Waals surface area contributed by atoms with Gasteiger partial charge in [0.25, 0.3) is 0 Å². The summed E-state index contributed by atoms with van der Waals surface area (Å²) in [4.78, 5) is 8.51. The smallest absolute Gasteiger partial charge is 0.231 e. The minimum Gasteiger partial charge on any atom is -0.454 e. The Labute approximate surface area is 183 Å². The maximum Gasteiger partial charge on any atom is 0.231 e. The van der Waals surface area contributed by atoms with Gasteiger partial charge in [0.15, 0.2) is 17.5 Å². The first-order valence-corrected chi connectivity index (χ1v) is 9.33. The predicted octanol–water partition coefficient (Wildman–Crippen LogP) is 3.03. The van der Waals surface area contributed by atoms with Gasteiger partial charge in [0.1, 0.15) is 5.82 Å². The van der Waals surface area contributed by atoms with Crippen LogP contribution in [0.2, 0.25) is 0 Å². The van der Waals surface area contributed by atoms with Crippen LogP contribution in [0.4, 0.5) is 5.82 Å². The molecular formula is C20H28IN5O2. The number of hydrogen-bond acceptors (Lipinski definition) is 5. The van der Waals surface area contributed by atoms with Gasteiger partial charge < -0.3 is 25.4 Å². The van der Waals surface area contributed by atoms with Crippen molar-refractivity contribution in [3.63, 3.8) is 0 Å². The number of halogens is 1. The van der Waals surface area contributed by atoms with Crippen molar-refractivity contribution in [2.45, 2.75) is 19.3 Å². The predicted molar refractivity (Wildman–Crippen MR) is 123 cm³/mol. The molecule has 0 fully saturated rings. The summed E-state index contributed by atoms with van der Waals surface area (Å²) in [5.41, 5.74) is 1.21. The van der Waals surface area contributed by atoms with Crippen molar-refractivity contribution in [1.82, 2.24) is 15.6 Å². The van der Waals surface area contributed by atoms with E-state index in [9.17, 15) is 0 Å². The molecule has 1 aromatic carbocycles. The number of aliphatic imine (C=N–C) groups is 1. The Morgan fingerprint density at radius 2 is 1.86 bits per heavy atom. The molecular weight excluding hydrogens is 469 g/mol. The van der Waals surface area contributed by atoms with Gasteiger partial charge in [-0.3, -0.25) is 4.99 Å². The summed E-state index contributed by atoms with van der Waals surface area (Å²) in [6, 6.07) is 11.9. The summed E-state index contributed by atoms with van der Waals surface area (Å²) in [6.07, 6.45) is 4.81. The number of hydrogen-bond donors (Lipinski definition) is 3. The average Bonchev–Trinajstić information content (AvgIpc) is 3.18. The Bertz CT molecular complexity index is 743. The van der Waals surface area contributed by atoms with E-state index in [-0.39, 0.29) is 24.0 Å². The van der Waals surface area contributed by atoms with Crippen molar-refractivity contribution in [3.05, 3.63) is 48.2 Å². The number of unbranched alkanes of at least 4 members (excludes halogenated alkanes) is 1. The van der Waals surface area contributed by atoms with E-state index in [0.717, 1.165) is 62.2 Å². The highest BCUT2D eigenvalue weighted by molar-refractivity contribution is 14.0. The molecule has 0 amide bonds. The van der Waals surface area contributed by atoms with Crippen LogP contribution in [0.3, 0.4) is 0 Å². The minimum atomic E-state index is 0. The molecule has 0 unspecified atom stereocenters. The summed E-state index contributed by atoms with van der Waals surface area (Å²) in [5, 5.41) is 10.0. The Hall–Kier alpha value is -2.23. The van der Waals surface area contributed by atoms with Gasteiger partial charge in [-0.15, -0.1) is 24.0 Å². The summed E-state index contributed by atoms with van der Waals surface area (Å²) in [7, 11) is 1.79. The van der Waals surface area contributed by atoms with E-state index >= 15 is 0 Å². The average molecular weight is 497 g/mol. The fourth-order valence-corrected chi connectivity index (χ4v) is 2.78. The molecule has 1 aliphatic heterocycles. The Morgan fingerprint density at radius 3 is 2.68 bits per heavy atom. The Balaban J connectivity index is 0.00000280. The normalized spacial score (nSPS) is 12.2. The van der Waals surface area contributed by atoms with Gasteiger partial charge in [0.05, 0.1) is 0 Å². The number of guanidine groups is 1. The van der Waals surface area contributed by atoms with Crippen LogP contribution in [0.1, 0.15) is 18.4 Å². The lowest BCUT2D eigenvalue weighted by atomic mass is 10.1. The van der Waals surface area contributed by atoms with Gasteiger partial charge in [0.2, 0.25) is 6.79 Å². The molecule has 0 radical (unpaired) electrons. The first-order chi connectivity index (χ1) is 13.3. The van der Waals surface area contributed by atoms with E-state index in [2.05, 4.69) is 32.0 Å². The largest absolute Gasteiger partial charge is 0.454 e. The van der Waals surface area contributed by atoms with E-state index in [1.54, 1.807) is 13.2 Å². The van der Waals surface area contributed by atoms with Crippen molar-refractivity contribution >= 4 is 35.8 Å². The monoisotopic (exact) mass is 497 g/mol. The molecule has 0 atom stereocenters. The van der Waals surface area contributed by atoms with Gasteiger partial charge in [-0.1, -0.05) is 12.1 Å². The number of benzene rings is 1. The Kier molecular flexibility index (Phi) is 9.67. The molecule has 0 aliphatic carbocycles. The first kappa shape index (κ1) is 22.1. The summed E-state index contributed by atoms with van der Waals surface area (Å²) in [5.74, 6) is 3.40.